The molecule has 1 aliphatic heterocycles. The molecule has 1 aliphatic rings. The maximum atomic E-state index is 14.3. The number of ether oxygens (including phenoxy) is 2. The van der Waals surface area contributed by atoms with Crippen LogP contribution in [0.25, 0.3) is 5.69 Å². The van der Waals surface area contributed by atoms with Crippen LogP contribution >= 0.6 is 11.3 Å². The first kappa shape index (κ1) is 24.6. The molecule has 0 N–H and O–H groups in total. The molecule has 2 aromatic heterocycles. The first-order valence-corrected chi connectivity index (χ1v) is 13.0. The van der Waals surface area contributed by atoms with E-state index in [0.717, 1.165) is 22.6 Å². The molecular formula is C29H29N3O4S. The van der Waals surface area contributed by atoms with Gasteiger partial charge in [-0.15, -0.1) is 11.3 Å². The molecule has 8 heteroatoms. The molecule has 3 heterocycles. The normalized spacial score (nSPS) is 14.2. The maximum Gasteiger partial charge on any atom is 0.264 e. The average Bonchev–Trinajstić information content (AvgIpc) is 3.63. The van der Waals surface area contributed by atoms with E-state index in [-0.39, 0.29) is 24.4 Å². The van der Waals surface area contributed by atoms with Crippen molar-refractivity contribution in [2.24, 2.45) is 0 Å². The predicted molar refractivity (Wildman–Crippen MR) is 145 cm³/mol. The summed E-state index contributed by atoms with van der Waals surface area (Å²) in [5.74, 6) is 0.971. The number of fused-ring (bicyclic) bond motifs is 3. The van der Waals surface area contributed by atoms with E-state index in [0.29, 0.717) is 16.4 Å². The van der Waals surface area contributed by atoms with Gasteiger partial charge in [0.15, 0.2) is 0 Å². The molecule has 1 atom stereocenters. The van der Waals surface area contributed by atoms with E-state index < -0.39 is 6.04 Å². The lowest BCUT2D eigenvalue weighted by molar-refractivity contribution is -0.120. The highest BCUT2D eigenvalue weighted by Crippen LogP contribution is 2.45. The number of benzene rings is 2. The first-order chi connectivity index (χ1) is 17.9. The number of carbonyl (C=O) groups is 2. The topological polar surface area (TPSA) is 64.0 Å². The Balaban J connectivity index is 1.64. The van der Waals surface area contributed by atoms with Crippen molar-refractivity contribution in [3.8, 4) is 17.2 Å². The summed E-state index contributed by atoms with van der Waals surface area (Å²) in [7, 11) is 3.23. The van der Waals surface area contributed by atoms with E-state index in [1.165, 1.54) is 11.3 Å². The molecule has 0 bridgehead atoms. The van der Waals surface area contributed by atoms with Gasteiger partial charge in [-0.05, 0) is 67.8 Å². The van der Waals surface area contributed by atoms with E-state index in [1.807, 2.05) is 86.1 Å². The third-order valence-corrected chi connectivity index (χ3v) is 7.50. The number of thiophene rings is 1. The van der Waals surface area contributed by atoms with Crippen LogP contribution in [0.4, 0.5) is 5.69 Å². The highest BCUT2D eigenvalue weighted by atomic mass is 32.1. The molecule has 2 aromatic carbocycles. The number of nitrogens with zero attached hydrogens (tertiary/aromatic N) is 3. The van der Waals surface area contributed by atoms with Crippen molar-refractivity contribution >= 4 is 28.8 Å². The number of amides is 2. The van der Waals surface area contributed by atoms with E-state index in [9.17, 15) is 9.59 Å². The Kier molecular flexibility index (Phi) is 6.76. The fraction of sp³-hybridized carbons (Fsp3) is 0.241. The van der Waals surface area contributed by atoms with Crippen LogP contribution in [0.2, 0.25) is 0 Å². The van der Waals surface area contributed by atoms with Crippen LogP contribution in [-0.4, -0.2) is 48.1 Å². The van der Waals surface area contributed by atoms with Gasteiger partial charge < -0.3 is 18.9 Å². The SMILES string of the molecule is COc1ccc(OC)c(C2c3cccn3-c3ccccc3N2C(=O)CN(C(=O)c2cccs2)C(C)C)c1. The molecule has 37 heavy (non-hydrogen) atoms. The molecule has 0 aliphatic carbocycles. The monoisotopic (exact) mass is 515 g/mol. The van der Waals surface area contributed by atoms with Crippen LogP contribution in [0.3, 0.4) is 0 Å². The summed E-state index contributed by atoms with van der Waals surface area (Å²) in [6.45, 7) is 3.79. The van der Waals surface area contributed by atoms with Crippen LogP contribution in [0, 0.1) is 0 Å². The second-order valence-corrected chi connectivity index (χ2v) is 10.0. The van der Waals surface area contributed by atoms with Gasteiger partial charge >= 0.3 is 0 Å². The fourth-order valence-corrected chi connectivity index (χ4v) is 5.54. The lowest BCUT2D eigenvalue weighted by Crippen LogP contribution is -2.48. The number of hydrogen-bond donors (Lipinski definition) is 0. The minimum Gasteiger partial charge on any atom is -0.497 e. The number of methoxy groups -OCH3 is 2. The Morgan fingerprint density at radius 1 is 0.973 bits per heavy atom. The van der Waals surface area contributed by atoms with Crippen molar-refractivity contribution in [3.05, 3.63) is 94.4 Å². The van der Waals surface area contributed by atoms with Crippen molar-refractivity contribution in [1.29, 1.82) is 0 Å². The summed E-state index contributed by atoms with van der Waals surface area (Å²) in [4.78, 5) is 31.6. The molecular weight excluding hydrogens is 486 g/mol. The highest BCUT2D eigenvalue weighted by Gasteiger charge is 2.39. The molecule has 0 saturated heterocycles. The van der Waals surface area contributed by atoms with Gasteiger partial charge in [0.2, 0.25) is 5.91 Å². The van der Waals surface area contributed by atoms with Crippen molar-refractivity contribution in [2.75, 3.05) is 25.7 Å². The van der Waals surface area contributed by atoms with Crippen molar-refractivity contribution < 1.29 is 19.1 Å². The van der Waals surface area contributed by atoms with Gasteiger partial charge in [-0.25, -0.2) is 0 Å². The quantitative estimate of drug-likeness (QED) is 0.324. The highest BCUT2D eigenvalue weighted by molar-refractivity contribution is 7.12. The number of rotatable bonds is 7. The van der Waals surface area contributed by atoms with Crippen LogP contribution in [0.15, 0.2) is 78.3 Å². The van der Waals surface area contributed by atoms with Gasteiger partial charge in [-0.1, -0.05) is 18.2 Å². The van der Waals surface area contributed by atoms with Gasteiger partial charge in [0, 0.05) is 17.8 Å². The van der Waals surface area contributed by atoms with Crippen molar-refractivity contribution in [2.45, 2.75) is 25.9 Å². The zero-order chi connectivity index (χ0) is 26.1. The van der Waals surface area contributed by atoms with Crippen molar-refractivity contribution in [3.63, 3.8) is 0 Å². The Hall–Kier alpha value is -4.04. The zero-order valence-corrected chi connectivity index (χ0v) is 22.1. The molecule has 0 saturated carbocycles. The maximum absolute atomic E-state index is 14.3. The second-order valence-electron chi connectivity index (χ2n) is 9.07. The van der Waals surface area contributed by atoms with Gasteiger partial charge in [-0.3, -0.25) is 14.5 Å². The summed E-state index contributed by atoms with van der Waals surface area (Å²) < 4.78 is 13.4. The minimum atomic E-state index is -0.492. The molecule has 2 amide bonds. The second kappa shape index (κ2) is 10.1. The molecule has 5 rings (SSSR count). The van der Waals surface area contributed by atoms with Gasteiger partial charge in [0.1, 0.15) is 24.1 Å². The van der Waals surface area contributed by atoms with Gasteiger partial charge in [0.05, 0.1) is 36.2 Å². The average molecular weight is 516 g/mol. The lowest BCUT2D eigenvalue weighted by atomic mass is 9.96. The number of para-hydroxylation sites is 2. The third kappa shape index (κ3) is 4.38. The molecule has 4 aromatic rings. The molecule has 0 spiro atoms. The van der Waals surface area contributed by atoms with E-state index in [2.05, 4.69) is 4.57 Å². The summed E-state index contributed by atoms with van der Waals surface area (Å²) in [6.07, 6.45) is 2.00. The standard InChI is InChI=1S/C29H29N3O4S/c1-19(2)31(29(34)26-12-8-16-37-26)18-27(33)32-23-10-6-5-9-22(23)30-15-7-11-24(30)28(32)21-17-20(35-3)13-14-25(21)36-4/h5-17,19,28H,18H2,1-4H3. The van der Waals surface area contributed by atoms with E-state index in [1.54, 1.807) is 30.1 Å². The zero-order valence-electron chi connectivity index (χ0n) is 21.3. The largest absolute Gasteiger partial charge is 0.497 e. The first-order valence-electron chi connectivity index (χ1n) is 12.1. The summed E-state index contributed by atoms with van der Waals surface area (Å²) in [5.41, 5.74) is 3.37. The van der Waals surface area contributed by atoms with Gasteiger partial charge in [0.25, 0.3) is 5.91 Å². The summed E-state index contributed by atoms with van der Waals surface area (Å²) >= 11 is 1.38. The summed E-state index contributed by atoms with van der Waals surface area (Å²) in [5, 5.41) is 1.87. The Morgan fingerprint density at radius 3 is 2.43 bits per heavy atom. The number of hydrogen-bond acceptors (Lipinski definition) is 5. The number of anilines is 1. The molecule has 1 unspecified atom stereocenters. The van der Waals surface area contributed by atoms with Crippen molar-refractivity contribution in [1.82, 2.24) is 9.47 Å². The lowest BCUT2D eigenvalue weighted by Gasteiger charge is -2.40. The smallest absolute Gasteiger partial charge is 0.264 e. The number of aromatic nitrogens is 1. The minimum absolute atomic E-state index is 0.0633. The van der Waals surface area contributed by atoms with E-state index in [4.69, 9.17) is 9.47 Å². The Bertz CT molecular complexity index is 1430. The Morgan fingerprint density at radius 2 is 1.76 bits per heavy atom. The third-order valence-electron chi connectivity index (χ3n) is 6.64. The molecule has 0 fully saturated rings. The molecule has 190 valence electrons. The molecule has 7 nitrogen and oxygen atoms in total. The van der Waals surface area contributed by atoms with Crippen LogP contribution in [-0.2, 0) is 4.79 Å². The van der Waals surface area contributed by atoms with Crippen LogP contribution < -0.4 is 14.4 Å². The Labute approximate surface area is 220 Å². The van der Waals surface area contributed by atoms with Crippen LogP contribution in [0.1, 0.15) is 40.8 Å². The summed E-state index contributed by atoms with van der Waals surface area (Å²) in [6, 6.07) is 20.4. The van der Waals surface area contributed by atoms with Gasteiger partial charge in [-0.2, -0.15) is 0 Å². The van der Waals surface area contributed by atoms with Crippen LogP contribution in [0.5, 0.6) is 11.5 Å². The fourth-order valence-electron chi connectivity index (χ4n) is 4.86. The number of carbonyl (C=O) groups excluding carboxylic acids is 2. The molecule has 0 radical (unpaired) electrons. The predicted octanol–water partition coefficient (Wildman–Crippen LogP) is 5.54. The van der Waals surface area contributed by atoms with E-state index >= 15 is 0 Å².